The number of benzene rings is 1. The molecular weight excluding hydrogens is 350 g/mol. The molecule has 3 N–H and O–H groups in total. The van der Waals surface area contributed by atoms with E-state index in [1.807, 2.05) is 42.6 Å². The maximum atomic E-state index is 11.2. The van der Waals surface area contributed by atoms with Crippen LogP contribution in [0.3, 0.4) is 0 Å². The monoisotopic (exact) mass is 371 g/mol. The number of hydrogen-bond acceptors (Lipinski definition) is 7. The number of fused-ring (bicyclic) bond motifs is 1. The standard InChI is InChI=1S/C19H21N3O3S/c1-12-7-14(9-24-8-13-5-3-2-4-6-13)25-19(12,23)17-16-15(10-26-17)18(20)22-11-21-16/h2-6,10-12,14,23H,7-9H2,1H3,(H2,20,21,22). The van der Waals surface area contributed by atoms with Crippen molar-refractivity contribution in [1.82, 2.24) is 9.97 Å². The van der Waals surface area contributed by atoms with Crippen LogP contribution in [0.1, 0.15) is 23.8 Å². The first kappa shape index (κ1) is 17.4. The Morgan fingerprint density at radius 2 is 2.15 bits per heavy atom. The molecule has 2 aromatic heterocycles. The van der Waals surface area contributed by atoms with Gasteiger partial charge in [0.25, 0.3) is 0 Å². The molecule has 3 aromatic rings. The predicted octanol–water partition coefficient (Wildman–Crippen LogP) is 3.06. The van der Waals surface area contributed by atoms with E-state index in [0.29, 0.717) is 35.8 Å². The van der Waals surface area contributed by atoms with Crippen molar-refractivity contribution in [1.29, 1.82) is 0 Å². The van der Waals surface area contributed by atoms with Gasteiger partial charge in [-0.2, -0.15) is 0 Å². The summed E-state index contributed by atoms with van der Waals surface area (Å²) in [7, 11) is 0. The summed E-state index contributed by atoms with van der Waals surface area (Å²) in [6.45, 7) is 2.94. The quantitative estimate of drug-likeness (QED) is 0.716. The van der Waals surface area contributed by atoms with Gasteiger partial charge in [0, 0.05) is 11.3 Å². The van der Waals surface area contributed by atoms with E-state index in [1.165, 1.54) is 17.7 Å². The van der Waals surface area contributed by atoms with Crippen LogP contribution < -0.4 is 5.73 Å². The first-order valence-electron chi connectivity index (χ1n) is 8.58. The van der Waals surface area contributed by atoms with E-state index < -0.39 is 5.79 Å². The van der Waals surface area contributed by atoms with Gasteiger partial charge in [-0.1, -0.05) is 37.3 Å². The summed E-state index contributed by atoms with van der Waals surface area (Å²) in [4.78, 5) is 8.99. The van der Waals surface area contributed by atoms with E-state index in [-0.39, 0.29) is 12.0 Å². The van der Waals surface area contributed by atoms with Crippen molar-refractivity contribution in [3.05, 3.63) is 52.5 Å². The van der Waals surface area contributed by atoms with Gasteiger partial charge in [0.15, 0.2) is 0 Å². The molecule has 0 spiro atoms. The van der Waals surface area contributed by atoms with Gasteiger partial charge in [-0.15, -0.1) is 11.3 Å². The topological polar surface area (TPSA) is 90.5 Å². The fourth-order valence-corrected chi connectivity index (χ4v) is 4.53. The molecule has 1 saturated heterocycles. The Hall–Kier alpha value is -2.06. The van der Waals surface area contributed by atoms with Crippen LogP contribution in [-0.4, -0.2) is 27.8 Å². The molecular formula is C19H21N3O3S. The van der Waals surface area contributed by atoms with E-state index in [2.05, 4.69) is 9.97 Å². The summed E-state index contributed by atoms with van der Waals surface area (Å²) in [5.41, 5.74) is 7.68. The zero-order valence-electron chi connectivity index (χ0n) is 14.5. The van der Waals surface area contributed by atoms with Gasteiger partial charge in [-0.05, 0) is 12.0 Å². The largest absolute Gasteiger partial charge is 0.383 e. The molecule has 0 radical (unpaired) electrons. The Kier molecular flexibility index (Phi) is 4.62. The normalized spacial score (nSPS) is 25.8. The molecule has 1 fully saturated rings. The van der Waals surface area contributed by atoms with E-state index >= 15 is 0 Å². The second kappa shape index (κ2) is 6.92. The van der Waals surface area contributed by atoms with Crippen molar-refractivity contribution >= 4 is 28.1 Å². The number of aliphatic hydroxyl groups is 1. The highest BCUT2D eigenvalue weighted by molar-refractivity contribution is 7.11. The van der Waals surface area contributed by atoms with Crippen LogP contribution in [0.2, 0.25) is 0 Å². The Balaban J connectivity index is 1.47. The number of nitrogens with two attached hydrogens (primary N) is 1. The highest BCUT2D eigenvalue weighted by atomic mass is 32.1. The van der Waals surface area contributed by atoms with Crippen molar-refractivity contribution in [2.24, 2.45) is 5.92 Å². The molecule has 26 heavy (non-hydrogen) atoms. The molecule has 0 amide bonds. The molecule has 1 aliphatic heterocycles. The molecule has 4 rings (SSSR count). The highest BCUT2D eigenvalue weighted by Gasteiger charge is 2.48. The van der Waals surface area contributed by atoms with Crippen LogP contribution in [0, 0.1) is 5.92 Å². The fourth-order valence-electron chi connectivity index (χ4n) is 3.37. The van der Waals surface area contributed by atoms with Gasteiger partial charge in [0.1, 0.15) is 12.1 Å². The summed E-state index contributed by atoms with van der Waals surface area (Å²) in [5, 5.41) is 13.8. The van der Waals surface area contributed by atoms with Gasteiger partial charge in [0.05, 0.1) is 35.1 Å². The third kappa shape index (κ3) is 3.07. The first-order valence-corrected chi connectivity index (χ1v) is 9.46. The molecule has 136 valence electrons. The van der Waals surface area contributed by atoms with Crippen molar-refractivity contribution in [3.63, 3.8) is 0 Å². The lowest BCUT2D eigenvalue weighted by Crippen LogP contribution is -2.31. The van der Waals surface area contributed by atoms with E-state index in [0.717, 1.165) is 10.9 Å². The van der Waals surface area contributed by atoms with Crippen LogP contribution in [0.15, 0.2) is 42.0 Å². The third-order valence-corrected chi connectivity index (χ3v) is 5.87. The van der Waals surface area contributed by atoms with Crippen LogP contribution in [0.4, 0.5) is 5.82 Å². The molecule has 0 saturated carbocycles. The van der Waals surface area contributed by atoms with Crippen molar-refractivity contribution in [2.45, 2.75) is 31.8 Å². The lowest BCUT2D eigenvalue weighted by atomic mass is 9.96. The predicted molar refractivity (Wildman–Crippen MR) is 100 cm³/mol. The molecule has 1 aromatic carbocycles. The van der Waals surface area contributed by atoms with Crippen LogP contribution >= 0.6 is 11.3 Å². The molecule has 3 heterocycles. The zero-order valence-corrected chi connectivity index (χ0v) is 15.3. The second-order valence-corrected chi connectivity index (χ2v) is 7.54. The number of thiophene rings is 1. The molecule has 3 atom stereocenters. The number of hydrogen-bond donors (Lipinski definition) is 2. The van der Waals surface area contributed by atoms with Crippen LogP contribution in [-0.2, 0) is 21.9 Å². The van der Waals surface area contributed by atoms with Crippen LogP contribution in [0.5, 0.6) is 0 Å². The number of aromatic nitrogens is 2. The van der Waals surface area contributed by atoms with Gasteiger partial charge >= 0.3 is 0 Å². The molecule has 6 nitrogen and oxygen atoms in total. The number of rotatable bonds is 5. The Bertz CT molecular complexity index is 901. The minimum absolute atomic E-state index is 0.0779. The Morgan fingerprint density at radius 3 is 2.96 bits per heavy atom. The lowest BCUT2D eigenvalue weighted by molar-refractivity contribution is -0.222. The molecule has 3 unspecified atom stereocenters. The van der Waals surface area contributed by atoms with Gasteiger partial charge < -0.3 is 20.3 Å². The lowest BCUT2D eigenvalue weighted by Gasteiger charge is -2.26. The van der Waals surface area contributed by atoms with E-state index in [9.17, 15) is 5.11 Å². The van der Waals surface area contributed by atoms with Gasteiger partial charge in [-0.25, -0.2) is 9.97 Å². The Morgan fingerprint density at radius 1 is 1.35 bits per heavy atom. The second-order valence-electron chi connectivity index (χ2n) is 6.66. The molecule has 1 aliphatic rings. The first-order chi connectivity index (χ1) is 12.6. The van der Waals surface area contributed by atoms with Gasteiger partial charge in [-0.3, -0.25) is 0 Å². The number of anilines is 1. The number of ether oxygens (including phenoxy) is 2. The average molecular weight is 371 g/mol. The van der Waals surface area contributed by atoms with Crippen LogP contribution in [0.25, 0.3) is 10.9 Å². The average Bonchev–Trinajstić information content (AvgIpc) is 3.19. The smallest absolute Gasteiger partial charge is 0.207 e. The summed E-state index contributed by atoms with van der Waals surface area (Å²) in [6, 6.07) is 10.0. The number of nitrogens with zero attached hydrogens (tertiary/aromatic N) is 2. The summed E-state index contributed by atoms with van der Waals surface area (Å²) in [5.74, 6) is -1.05. The molecule has 0 aliphatic carbocycles. The van der Waals surface area contributed by atoms with Crippen molar-refractivity contribution < 1.29 is 14.6 Å². The van der Waals surface area contributed by atoms with E-state index in [1.54, 1.807) is 0 Å². The maximum Gasteiger partial charge on any atom is 0.207 e. The van der Waals surface area contributed by atoms with Gasteiger partial charge in [0.2, 0.25) is 5.79 Å². The minimum Gasteiger partial charge on any atom is -0.383 e. The molecule has 7 heteroatoms. The Labute approximate surface area is 155 Å². The summed E-state index contributed by atoms with van der Waals surface area (Å²) in [6.07, 6.45) is 1.96. The summed E-state index contributed by atoms with van der Waals surface area (Å²) < 4.78 is 11.8. The van der Waals surface area contributed by atoms with Crippen molar-refractivity contribution in [3.8, 4) is 0 Å². The summed E-state index contributed by atoms with van der Waals surface area (Å²) >= 11 is 1.40. The SMILES string of the molecule is CC1CC(COCc2ccccc2)OC1(O)c1scc2c(N)ncnc12. The third-order valence-electron chi connectivity index (χ3n) is 4.80. The fraction of sp³-hybridized carbons (Fsp3) is 0.368. The highest BCUT2D eigenvalue weighted by Crippen LogP contribution is 2.46. The minimum atomic E-state index is -1.38. The van der Waals surface area contributed by atoms with E-state index in [4.69, 9.17) is 15.2 Å². The molecule has 0 bridgehead atoms. The maximum absolute atomic E-state index is 11.2. The number of nitrogen functional groups attached to an aromatic ring is 1. The van der Waals surface area contributed by atoms with Crippen molar-refractivity contribution in [2.75, 3.05) is 12.3 Å². The zero-order chi connectivity index (χ0) is 18.1.